The standard InChI is InChI=1S/C16H14ClN3O2/c1-11-5-4-7-13(9-11)19-15(21)16(22)20-18-10-12-6-2-3-8-14(12)17/h2-10H,1H3,(H,19,21)(H,20,22)/b18-10-. The predicted molar refractivity (Wildman–Crippen MR) is 87.0 cm³/mol. The van der Waals surface area contributed by atoms with Crippen LogP contribution < -0.4 is 10.7 Å². The molecule has 0 saturated heterocycles. The molecule has 0 aliphatic heterocycles. The van der Waals surface area contributed by atoms with Crippen LogP contribution in [-0.2, 0) is 9.59 Å². The van der Waals surface area contributed by atoms with Crippen LogP contribution in [0.3, 0.4) is 0 Å². The second-order valence-corrected chi connectivity index (χ2v) is 4.95. The normalized spacial score (nSPS) is 10.5. The molecule has 0 spiro atoms. The predicted octanol–water partition coefficient (Wildman–Crippen LogP) is 2.74. The van der Waals surface area contributed by atoms with Crippen LogP contribution in [0.1, 0.15) is 11.1 Å². The smallest absolute Gasteiger partial charge is 0.318 e. The SMILES string of the molecule is Cc1cccc(NC(=O)C(=O)N/N=C\c2ccccc2Cl)c1. The van der Waals surface area contributed by atoms with E-state index in [1.54, 1.807) is 42.5 Å². The first kappa shape index (κ1) is 15.7. The Morgan fingerprint density at radius 1 is 1.09 bits per heavy atom. The van der Waals surface area contributed by atoms with Crippen LogP contribution in [0, 0.1) is 6.92 Å². The molecule has 0 heterocycles. The molecule has 112 valence electrons. The van der Waals surface area contributed by atoms with E-state index in [0.717, 1.165) is 5.56 Å². The Kier molecular flexibility index (Phi) is 5.27. The van der Waals surface area contributed by atoms with Gasteiger partial charge in [-0.15, -0.1) is 0 Å². The Hall–Kier alpha value is -2.66. The maximum Gasteiger partial charge on any atom is 0.329 e. The van der Waals surface area contributed by atoms with Gasteiger partial charge in [-0.25, -0.2) is 5.43 Å². The highest BCUT2D eigenvalue weighted by Crippen LogP contribution is 2.12. The Morgan fingerprint density at radius 3 is 2.59 bits per heavy atom. The van der Waals surface area contributed by atoms with Crippen molar-refractivity contribution in [1.29, 1.82) is 0 Å². The molecule has 0 bridgehead atoms. The topological polar surface area (TPSA) is 70.6 Å². The van der Waals surface area contributed by atoms with Gasteiger partial charge in [0, 0.05) is 16.3 Å². The van der Waals surface area contributed by atoms with E-state index in [4.69, 9.17) is 11.6 Å². The summed E-state index contributed by atoms with van der Waals surface area (Å²) in [6.45, 7) is 1.89. The number of rotatable bonds is 3. The van der Waals surface area contributed by atoms with E-state index < -0.39 is 11.8 Å². The number of hydrazone groups is 1. The first-order chi connectivity index (χ1) is 10.6. The van der Waals surface area contributed by atoms with Crippen LogP contribution in [0.2, 0.25) is 5.02 Å². The van der Waals surface area contributed by atoms with Crippen molar-refractivity contribution >= 4 is 35.3 Å². The van der Waals surface area contributed by atoms with E-state index in [-0.39, 0.29) is 0 Å². The minimum atomic E-state index is -0.857. The molecule has 0 aliphatic carbocycles. The van der Waals surface area contributed by atoms with Crippen LogP contribution in [-0.4, -0.2) is 18.0 Å². The molecule has 0 aliphatic rings. The summed E-state index contributed by atoms with van der Waals surface area (Å²) >= 11 is 5.94. The van der Waals surface area contributed by atoms with Gasteiger partial charge < -0.3 is 5.32 Å². The summed E-state index contributed by atoms with van der Waals surface area (Å²) in [7, 11) is 0. The van der Waals surface area contributed by atoms with Gasteiger partial charge in [0.25, 0.3) is 0 Å². The molecule has 2 aromatic rings. The monoisotopic (exact) mass is 315 g/mol. The number of nitrogens with one attached hydrogen (secondary N) is 2. The van der Waals surface area contributed by atoms with Crippen LogP contribution in [0.4, 0.5) is 5.69 Å². The zero-order valence-corrected chi connectivity index (χ0v) is 12.6. The van der Waals surface area contributed by atoms with Crippen LogP contribution in [0.5, 0.6) is 0 Å². The lowest BCUT2D eigenvalue weighted by molar-refractivity contribution is -0.136. The van der Waals surface area contributed by atoms with Crippen molar-refractivity contribution in [3.63, 3.8) is 0 Å². The summed E-state index contributed by atoms with van der Waals surface area (Å²) in [6, 6.07) is 14.2. The first-order valence-electron chi connectivity index (χ1n) is 6.52. The van der Waals surface area contributed by atoms with Gasteiger partial charge in [-0.2, -0.15) is 5.10 Å². The first-order valence-corrected chi connectivity index (χ1v) is 6.89. The number of benzene rings is 2. The molecule has 0 aromatic heterocycles. The summed E-state index contributed by atoms with van der Waals surface area (Å²) in [5, 5.41) is 6.71. The van der Waals surface area contributed by atoms with Crippen molar-refractivity contribution in [2.75, 3.05) is 5.32 Å². The number of amides is 2. The fraction of sp³-hybridized carbons (Fsp3) is 0.0625. The van der Waals surface area contributed by atoms with Gasteiger partial charge in [0.15, 0.2) is 0 Å². The summed E-state index contributed by atoms with van der Waals surface area (Å²) in [5.74, 6) is -1.65. The van der Waals surface area contributed by atoms with Crippen molar-refractivity contribution in [3.8, 4) is 0 Å². The molecule has 0 radical (unpaired) electrons. The average Bonchev–Trinajstić information content (AvgIpc) is 2.49. The van der Waals surface area contributed by atoms with Crippen LogP contribution in [0.25, 0.3) is 0 Å². The van der Waals surface area contributed by atoms with Gasteiger partial charge in [-0.05, 0) is 30.7 Å². The maximum atomic E-state index is 11.7. The zero-order chi connectivity index (χ0) is 15.9. The Bertz CT molecular complexity index is 729. The molecule has 0 fully saturated rings. The van der Waals surface area contributed by atoms with E-state index in [0.29, 0.717) is 16.3 Å². The Labute approximate surface area is 133 Å². The molecule has 22 heavy (non-hydrogen) atoms. The average molecular weight is 316 g/mol. The maximum absolute atomic E-state index is 11.7. The highest BCUT2D eigenvalue weighted by molar-refractivity contribution is 6.39. The minimum absolute atomic E-state index is 0.504. The number of carbonyl (C=O) groups is 2. The second-order valence-electron chi connectivity index (χ2n) is 4.54. The number of carbonyl (C=O) groups excluding carboxylic acids is 2. The largest absolute Gasteiger partial charge is 0.329 e. The van der Waals surface area contributed by atoms with E-state index in [9.17, 15) is 9.59 Å². The van der Waals surface area contributed by atoms with Gasteiger partial charge in [-0.3, -0.25) is 9.59 Å². The summed E-state index contributed by atoms with van der Waals surface area (Å²) in [6.07, 6.45) is 1.38. The summed E-state index contributed by atoms with van der Waals surface area (Å²) in [4.78, 5) is 23.3. The third-order valence-corrected chi connectivity index (χ3v) is 3.10. The molecular weight excluding hydrogens is 302 g/mol. The van der Waals surface area contributed by atoms with E-state index >= 15 is 0 Å². The van der Waals surface area contributed by atoms with Crippen molar-refractivity contribution < 1.29 is 9.59 Å². The lowest BCUT2D eigenvalue weighted by Crippen LogP contribution is -2.32. The van der Waals surface area contributed by atoms with Gasteiger partial charge in [0.2, 0.25) is 0 Å². The molecule has 2 amide bonds. The highest BCUT2D eigenvalue weighted by Gasteiger charge is 2.12. The molecule has 0 saturated carbocycles. The number of halogens is 1. The lowest BCUT2D eigenvalue weighted by Gasteiger charge is -2.04. The van der Waals surface area contributed by atoms with E-state index in [1.165, 1.54) is 6.21 Å². The Morgan fingerprint density at radius 2 is 1.86 bits per heavy atom. The van der Waals surface area contributed by atoms with E-state index in [2.05, 4.69) is 15.8 Å². The third-order valence-electron chi connectivity index (χ3n) is 2.76. The van der Waals surface area contributed by atoms with Gasteiger partial charge in [0.1, 0.15) is 0 Å². The molecule has 2 N–H and O–H groups in total. The van der Waals surface area contributed by atoms with Crippen molar-refractivity contribution in [1.82, 2.24) is 5.43 Å². The van der Waals surface area contributed by atoms with Gasteiger partial charge in [0.05, 0.1) is 6.21 Å². The lowest BCUT2D eigenvalue weighted by atomic mass is 10.2. The molecule has 2 rings (SSSR count). The zero-order valence-electron chi connectivity index (χ0n) is 11.8. The number of hydrogen-bond donors (Lipinski definition) is 2. The number of anilines is 1. The Balaban J connectivity index is 1.92. The fourth-order valence-electron chi connectivity index (χ4n) is 1.70. The number of aryl methyl sites for hydroxylation is 1. The molecule has 5 nitrogen and oxygen atoms in total. The quantitative estimate of drug-likeness (QED) is 0.519. The number of hydrogen-bond acceptors (Lipinski definition) is 3. The van der Waals surface area contributed by atoms with Gasteiger partial charge >= 0.3 is 11.8 Å². The summed E-state index contributed by atoms with van der Waals surface area (Å²) < 4.78 is 0. The molecule has 0 atom stereocenters. The van der Waals surface area contributed by atoms with Gasteiger partial charge in [-0.1, -0.05) is 41.9 Å². The molecular formula is C16H14ClN3O2. The molecule has 2 aromatic carbocycles. The molecule has 6 heteroatoms. The van der Waals surface area contributed by atoms with Crippen molar-refractivity contribution in [2.45, 2.75) is 6.92 Å². The number of nitrogens with zero attached hydrogens (tertiary/aromatic N) is 1. The second kappa shape index (κ2) is 7.38. The minimum Gasteiger partial charge on any atom is -0.318 e. The van der Waals surface area contributed by atoms with Crippen LogP contribution in [0.15, 0.2) is 53.6 Å². The van der Waals surface area contributed by atoms with Crippen molar-refractivity contribution in [2.24, 2.45) is 5.10 Å². The molecule has 0 unspecified atom stereocenters. The summed E-state index contributed by atoms with van der Waals surface area (Å²) in [5.41, 5.74) is 4.33. The highest BCUT2D eigenvalue weighted by atomic mass is 35.5. The van der Waals surface area contributed by atoms with Crippen molar-refractivity contribution in [3.05, 3.63) is 64.7 Å². The van der Waals surface area contributed by atoms with E-state index in [1.807, 2.05) is 13.0 Å². The van der Waals surface area contributed by atoms with Crippen LogP contribution >= 0.6 is 11.6 Å². The third kappa shape index (κ3) is 4.43. The fourth-order valence-corrected chi connectivity index (χ4v) is 1.89.